The van der Waals surface area contributed by atoms with Crippen LogP contribution >= 0.6 is 0 Å². The number of carboxylic acid groups (broad SMARTS) is 1. The molecule has 1 aliphatic rings. The lowest BCUT2D eigenvalue weighted by molar-refractivity contribution is -0.139. The predicted molar refractivity (Wildman–Crippen MR) is 89.3 cm³/mol. The molecule has 24 heavy (non-hydrogen) atoms. The molecule has 1 aromatic carbocycles. The summed E-state index contributed by atoms with van der Waals surface area (Å²) in [5, 5.41) is 22.5. The van der Waals surface area contributed by atoms with E-state index in [4.69, 9.17) is 9.84 Å². The normalized spacial score (nSPS) is 20.8. The number of nitrogens with zero attached hydrogens (tertiary/aromatic N) is 2. The van der Waals surface area contributed by atoms with Gasteiger partial charge in [-0.2, -0.15) is 0 Å². The number of hydrogen-bond donors (Lipinski definition) is 3. The Morgan fingerprint density at radius 2 is 2.08 bits per heavy atom. The summed E-state index contributed by atoms with van der Waals surface area (Å²) in [6.45, 7) is 1.45. The minimum atomic E-state index is -1.03. The van der Waals surface area contributed by atoms with Crippen LogP contribution in [-0.2, 0) is 4.79 Å². The molecular formula is C17H21N3O4. The van der Waals surface area contributed by atoms with E-state index in [-0.39, 0.29) is 12.1 Å². The van der Waals surface area contributed by atoms with Gasteiger partial charge in [-0.1, -0.05) is 12.1 Å². The average molecular weight is 331 g/mol. The summed E-state index contributed by atoms with van der Waals surface area (Å²) in [6.07, 6.45) is 4.79. The van der Waals surface area contributed by atoms with Crippen molar-refractivity contribution < 1.29 is 19.7 Å². The fraction of sp³-hybridized carbons (Fsp3) is 0.471. The van der Waals surface area contributed by atoms with Crippen molar-refractivity contribution >= 4 is 22.8 Å². The minimum absolute atomic E-state index is 0.209. The maximum atomic E-state index is 10.8. The van der Waals surface area contributed by atoms with E-state index in [2.05, 4.69) is 15.3 Å². The number of carbonyl (C=O) groups is 1. The monoisotopic (exact) mass is 331 g/mol. The van der Waals surface area contributed by atoms with E-state index >= 15 is 0 Å². The lowest BCUT2D eigenvalue weighted by Crippen LogP contribution is -2.28. The summed E-state index contributed by atoms with van der Waals surface area (Å²) in [4.78, 5) is 19.6. The highest BCUT2D eigenvalue weighted by atomic mass is 16.5. The van der Waals surface area contributed by atoms with Gasteiger partial charge < -0.3 is 20.3 Å². The van der Waals surface area contributed by atoms with Crippen molar-refractivity contribution in [1.29, 1.82) is 0 Å². The van der Waals surface area contributed by atoms with Crippen LogP contribution in [0.4, 0.5) is 5.95 Å². The Morgan fingerprint density at radius 3 is 2.79 bits per heavy atom. The first-order chi connectivity index (χ1) is 11.5. The molecule has 7 nitrogen and oxygen atoms in total. The average Bonchev–Trinajstić information content (AvgIpc) is 2.56. The second-order valence-electron chi connectivity index (χ2n) is 6.18. The van der Waals surface area contributed by atoms with E-state index in [1.165, 1.54) is 0 Å². The number of hydrogen-bond acceptors (Lipinski definition) is 6. The number of ether oxygens (including phenoxy) is 1. The molecule has 2 aromatic rings. The molecule has 0 unspecified atom stereocenters. The molecule has 1 saturated carbocycles. The van der Waals surface area contributed by atoms with Gasteiger partial charge in [0.2, 0.25) is 5.95 Å². The Hall–Kier alpha value is -2.41. The molecule has 1 heterocycles. The second-order valence-corrected chi connectivity index (χ2v) is 6.18. The van der Waals surface area contributed by atoms with Crippen LogP contribution in [0, 0.1) is 6.92 Å². The number of aliphatic hydroxyl groups is 1. The smallest absolute Gasteiger partial charge is 0.341 e. The second kappa shape index (κ2) is 7.00. The van der Waals surface area contributed by atoms with Crippen LogP contribution in [0.2, 0.25) is 0 Å². The molecule has 0 saturated heterocycles. The van der Waals surface area contributed by atoms with Gasteiger partial charge in [-0.05, 0) is 38.2 Å². The zero-order valence-electron chi connectivity index (χ0n) is 13.5. The van der Waals surface area contributed by atoms with E-state index in [0.29, 0.717) is 17.2 Å². The number of fused-ring (bicyclic) bond motifs is 1. The zero-order chi connectivity index (χ0) is 17.1. The Balaban J connectivity index is 1.85. The summed E-state index contributed by atoms with van der Waals surface area (Å²) >= 11 is 0. The number of anilines is 1. The van der Waals surface area contributed by atoms with Gasteiger partial charge in [0, 0.05) is 17.6 Å². The van der Waals surface area contributed by atoms with Crippen molar-refractivity contribution in [2.24, 2.45) is 0 Å². The Kier molecular flexibility index (Phi) is 4.80. The van der Waals surface area contributed by atoms with E-state index in [0.717, 1.165) is 36.6 Å². The fourth-order valence-corrected chi connectivity index (χ4v) is 2.96. The quantitative estimate of drug-likeness (QED) is 0.770. The first-order valence-corrected chi connectivity index (χ1v) is 8.08. The van der Waals surface area contributed by atoms with Crippen LogP contribution in [0.25, 0.3) is 10.9 Å². The highest BCUT2D eigenvalue weighted by Crippen LogP contribution is 2.29. The first-order valence-electron chi connectivity index (χ1n) is 8.08. The third-order valence-corrected chi connectivity index (χ3v) is 4.27. The summed E-state index contributed by atoms with van der Waals surface area (Å²) in [5.41, 5.74) is 1.43. The Morgan fingerprint density at radius 1 is 1.33 bits per heavy atom. The zero-order valence-corrected chi connectivity index (χ0v) is 13.5. The van der Waals surface area contributed by atoms with Gasteiger partial charge in [0.25, 0.3) is 0 Å². The molecule has 0 spiro atoms. The van der Waals surface area contributed by atoms with Crippen LogP contribution in [0.3, 0.4) is 0 Å². The van der Waals surface area contributed by atoms with Crippen LogP contribution in [0.5, 0.6) is 5.75 Å². The van der Waals surface area contributed by atoms with E-state index in [1.807, 2.05) is 19.1 Å². The highest BCUT2D eigenvalue weighted by molar-refractivity contribution is 5.86. The predicted octanol–water partition coefficient (Wildman–Crippen LogP) is 2.12. The van der Waals surface area contributed by atoms with Crippen molar-refractivity contribution in [3.05, 3.63) is 23.9 Å². The maximum Gasteiger partial charge on any atom is 0.341 e. The molecule has 3 N–H and O–H groups in total. The number of rotatable bonds is 5. The van der Waals surface area contributed by atoms with Crippen molar-refractivity contribution in [1.82, 2.24) is 9.97 Å². The molecule has 1 aliphatic carbocycles. The third kappa shape index (κ3) is 3.73. The van der Waals surface area contributed by atoms with Gasteiger partial charge in [-0.25, -0.2) is 14.8 Å². The van der Waals surface area contributed by atoms with Crippen molar-refractivity contribution in [2.45, 2.75) is 44.8 Å². The fourth-order valence-electron chi connectivity index (χ4n) is 2.96. The molecular weight excluding hydrogens is 310 g/mol. The van der Waals surface area contributed by atoms with Crippen molar-refractivity contribution in [3.8, 4) is 5.75 Å². The number of carboxylic acids is 1. The van der Waals surface area contributed by atoms with Crippen LogP contribution < -0.4 is 10.1 Å². The number of benzene rings is 1. The van der Waals surface area contributed by atoms with Gasteiger partial charge >= 0.3 is 5.97 Å². The maximum absolute atomic E-state index is 10.8. The molecule has 0 atom stereocenters. The minimum Gasteiger partial charge on any atom is -0.479 e. The van der Waals surface area contributed by atoms with E-state index in [9.17, 15) is 9.90 Å². The van der Waals surface area contributed by atoms with Gasteiger partial charge in [0.05, 0.1) is 6.10 Å². The molecule has 0 amide bonds. The molecule has 0 bridgehead atoms. The Bertz CT molecular complexity index is 742. The number of aliphatic carboxylic acids is 1. The Labute approximate surface area is 139 Å². The largest absolute Gasteiger partial charge is 0.479 e. The van der Waals surface area contributed by atoms with Crippen LogP contribution in [0.15, 0.2) is 18.3 Å². The molecule has 0 radical (unpaired) electrons. The summed E-state index contributed by atoms with van der Waals surface area (Å²) in [5.74, 6) is -0.0614. The SMILES string of the molecule is Cc1ccc2cnc(NC3CCC(O)CC3)nc2c1OCC(=O)O. The third-order valence-electron chi connectivity index (χ3n) is 4.27. The van der Waals surface area contributed by atoms with Crippen molar-refractivity contribution in [2.75, 3.05) is 11.9 Å². The molecule has 1 fully saturated rings. The van der Waals surface area contributed by atoms with E-state index in [1.54, 1.807) is 6.20 Å². The van der Waals surface area contributed by atoms with Gasteiger partial charge in [-0.15, -0.1) is 0 Å². The molecule has 128 valence electrons. The topological polar surface area (TPSA) is 105 Å². The number of nitrogens with one attached hydrogen (secondary N) is 1. The first kappa shape index (κ1) is 16.4. The molecule has 7 heteroatoms. The number of aryl methyl sites for hydroxylation is 1. The van der Waals surface area contributed by atoms with Gasteiger partial charge in [0.15, 0.2) is 6.61 Å². The summed E-state index contributed by atoms with van der Waals surface area (Å²) < 4.78 is 5.42. The highest BCUT2D eigenvalue weighted by Gasteiger charge is 2.20. The molecule has 1 aromatic heterocycles. The molecule has 3 rings (SSSR count). The van der Waals surface area contributed by atoms with Crippen molar-refractivity contribution in [3.63, 3.8) is 0 Å². The lowest BCUT2D eigenvalue weighted by Gasteiger charge is -2.26. The van der Waals surface area contributed by atoms with E-state index < -0.39 is 12.6 Å². The van der Waals surface area contributed by atoms with Crippen LogP contribution in [-0.4, -0.2) is 44.9 Å². The number of aliphatic hydroxyl groups excluding tert-OH is 1. The standard InChI is InChI=1S/C17H21N3O4/c1-10-2-3-11-8-18-17(19-12-4-6-13(21)7-5-12)20-15(11)16(10)24-9-14(22)23/h2-3,8,12-13,21H,4-7,9H2,1H3,(H,22,23)(H,18,19,20). The van der Waals surface area contributed by atoms with Gasteiger partial charge in [0.1, 0.15) is 11.3 Å². The summed E-state index contributed by atoms with van der Waals surface area (Å²) in [6, 6.07) is 3.98. The molecule has 0 aliphatic heterocycles. The lowest BCUT2D eigenvalue weighted by atomic mass is 9.93. The van der Waals surface area contributed by atoms with Crippen LogP contribution in [0.1, 0.15) is 31.2 Å². The van der Waals surface area contributed by atoms with Gasteiger partial charge in [-0.3, -0.25) is 0 Å². The number of aromatic nitrogens is 2. The summed E-state index contributed by atoms with van der Waals surface area (Å²) in [7, 11) is 0.